The normalized spacial score (nSPS) is 10.6. The van der Waals surface area contributed by atoms with Gasteiger partial charge in [-0.05, 0) is 19.4 Å². The number of hydrogen-bond acceptors (Lipinski definition) is 4. The summed E-state index contributed by atoms with van der Waals surface area (Å²) in [6, 6.07) is 1.76. The maximum absolute atomic E-state index is 13.8. The van der Waals surface area contributed by atoms with Gasteiger partial charge in [0.05, 0.1) is 11.9 Å². The van der Waals surface area contributed by atoms with Crippen molar-refractivity contribution in [3.05, 3.63) is 24.3 Å². The van der Waals surface area contributed by atoms with Crippen molar-refractivity contribution < 1.29 is 4.39 Å². The topological polar surface area (TPSA) is 55.6 Å². The third-order valence-electron chi connectivity index (χ3n) is 2.47. The fourth-order valence-corrected chi connectivity index (χ4v) is 1.71. The van der Waals surface area contributed by atoms with Gasteiger partial charge in [0.2, 0.25) is 5.95 Å². The van der Waals surface area contributed by atoms with Gasteiger partial charge < -0.3 is 5.32 Å². The first-order valence-corrected chi connectivity index (χ1v) is 6.04. The van der Waals surface area contributed by atoms with Gasteiger partial charge in [-0.15, -0.1) is 0 Å². The Kier molecular flexibility index (Phi) is 3.86. The van der Waals surface area contributed by atoms with Crippen LogP contribution in [0.4, 0.5) is 10.3 Å². The predicted octanol–water partition coefficient (Wildman–Crippen LogP) is 2.32. The number of aromatic nitrogens is 4. The van der Waals surface area contributed by atoms with Crippen LogP contribution in [0.3, 0.4) is 0 Å². The second kappa shape index (κ2) is 5.57. The molecule has 0 aliphatic heterocycles. The fraction of sp³-hybridized carbons (Fsp3) is 0.417. The maximum Gasteiger partial charge on any atom is 0.223 e. The van der Waals surface area contributed by atoms with E-state index >= 15 is 0 Å². The molecule has 0 aliphatic rings. The van der Waals surface area contributed by atoms with Crippen molar-refractivity contribution in [1.29, 1.82) is 0 Å². The molecule has 0 amide bonds. The Bertz CT molecular complexity index is 523. The molecular weight excluding hydrogens is 233 g/mol. The van der Waals surface area contributed by atoms with Gasteiger partial charge in [-0.2, -0.15) is 5.10 Å². The first-order valence-electron chi connectivity index (χ1n) is 6.04. The highest BCUT2D eigenvalue weighted by molar-refractivity contribution is 5.56. The molecule has 0 saturated heterocycles. The van der Waals surface area contributed by atoms with Gasteiger partial charge in [-0.1, -0.05) is 6.92 Å². The lowest BCUT2D eigenvalue weighted by Crippen LogP contribution is -2.07. The lowest BCUT2D eigenvalue weighted by atomic mass is 10.3. The van der Waals surface area contributed by atoms with E-state index in [0.29, 0.717) is 18.2 Å². The molecular formula is C12H16FN5. The minimum Gasteiger partial charge on any atom is -0.354 e. The molecule has 18 heavy (non-hydrogen) atoms. The molecule has 2 aromatic rings. The molecule has 96 valence electrons. The van der Waals surface area contributed by atoms with E-state index < -0.39 is 5.82 Å². The third kappa shape index (κ3) is 2.47. The van der Waals surface area contributed by atoms with E-state index in [2.05, 4.69) is 20.4 Å². The lowest BCUT2D eigenvalue weighted by Gasteiger charge is -2.08. The number of rotatable bonds is 5. The van der Waals surface area contributed by atoms with Crippen molar-refractivity contribution in [1.82, 2.24) is 19.7 Å². The SMILES string of the molecule is CCCn1nccc1-c1nc(NCC)ncc1F. The third-order valence-corrected chi connectivity index (χ3v) is 2.47. The summed E-state index contributed by atoms with van der Waals surface area (Å²) < 4.78 is 15.6. The summed E-state index contributed by atoms with van der Waals surface area (Å²) in [7, 11) is 0. The summed E-state index contributed by atoms with van der Waals surface area (Å²) in [4.78, 5) is 8.08. The second-order valence-electron chi connectivity index (χ2n) is 3.86. The number of hydrogen-bond donors (Lipinski definition) is 1. The van der Waals surface area contributed by atoms with Crippen LogP contribution in [-0.4, -0.2) is 26.3 Å². The van der Waals surface area contributed by atoms with E-state index in [1.807, 2.05) is 13.8 Å². The van der Waals surface area contributed by atoms with E-state index in [4.69, 9.17) is 0 Å². The van der Waals surface area contributed by atoms with Crippen molar-refractivity contribution in [2.45, 2.75) is 26.8 Å². The van der Waals surface area contributed by atoms with Gasteiger partial charge in [-0.3, -0.25) is 4.68 Å². The van der Waals surface area contributed by atoms with Crippen LogP contribution in [0.25, 0.3) is 11.4 Å². The number of aryl methyl sites for hydroxylation is 1. The Balaban J connectivity index is 2.42. The zero-order valence-electron chi connectivity index (χ0n) is 10.5. The summed E-state index contributed by atoms with van der Waals surface area (Å²) in [5.74, 6) is -0.00680. The van der Waals surface area contributed by atoms with E-state index in [1.54, 1.807) is 16.9 Å². The first kappa shape index (κ1) is 12.5. The van der Waals surface area contributed by atoms with Crippen LogP contribution < -0.4 is 5.32 Å². The van der Waals surface area contributed by atoms with Crippen LogP contribution in [0, 0.1) is 5.82 Å². The van der Waals surface area contributed by atoms with Gasteiger partial charge in [-0.25, -0.2) is 14.4 Å². The zero-order chi connectivity index (χ0) is 13.0. The van der Waals surface area contributed by atoms with Crippen LogP contribution in [0.1, 0.15) is 20.3 Å². The highest BCUT2D eigenvalue weighted by atomic mass is 19.1. The fourth-order valence-electron chi connectivity index (χ4n) is 1.71. The number of halogens is 1. The van der Waals surface area contributed by atoms with Crippen molar-refractivity contribution >= 4 is 5.95 Å². The number of nitrogens with one attached hydrogen (secondary N) is 1. The van der Waals surface area contributed by atoms with E-state index in [1.165, 1.54) is 6.20 Å². The minimum absolute atomic E-state index is 0.284. The summed E-state index contributed by atoms with van der Waals surface area (Å²) in [6.45, 7) is 5.42. The Labute approximate surface area is 105 Å². The highest BCUT2D eigenvalue weighted by Gasteiger charge is 2.13. The van der Waals surface area contributed by atoms with Gasteiger partial charge in [0.1, 0.15) is 5.69 Å². The summed E-state index contributed by atoms with van der Waals surface area (Å²) in [5, 5.41) is 7.14. The molecule has 5 nitrogen and oxygen atoms in total. The van der Waals surface area contributed by atoms with E-state index in [0.717, 1.165) is 13.0 Å². The molecule has 0 unspecified atom stereocenters. The molecule has 0 aromatic carbocycles. The second-order valence-corrected chi connectivity index (χ2v) is 3.86. The van der Waals surface area contributed by atoms with Gasteiger partial charge in [0.15, 0.2) is 5.82 Å². The molecule has 0 atom stereocenters. The Morgan fingerprint density at radius 3 is 2.94 bits per heavy atom. The van der Waals surface area contributed by atoms with Crippen molar-refractivity contribution in [3.63, 3.8) is 0 Å². The number of anilines is 1. The average Bonchev–Trinajstić information content (AvgIpc) is 2.81. The van der Waals surface area contributed by atoms with E-state index in [-0.39, 0.29) is 5.69 Å². The predicted molar refractivity (Wildman–Crippen MR) is 67.7 cm³/mol. The van der Waals surface area contributed by atoms with Crippen molar-refractivity contribution in [2.75, 3.05) is 11.9 Å². The zero-order valence-corrected chi connectivity index (χ0v) is 10.5. The van der Waals surface area contributed by atoms with E-state index in [9.17, 15) is 4.39 Å². The first-order chi connectivity index (χ1) is 8.76. The average molecular weight is 249 g/mol. The Morgan fingerprint density at radius 2 is 2.22 bits per heavy atom. The Hall–Kier alpha value is -1.98. The van der Waals surface area contributed by atoms with Gasteiger partial charge in [0, 0.05) is 19.3 Å². The molecule has 1 N–H and O–H groups in total. The molecule has 0 bridgehead atoms. The van der Waals surface area contributed by atoms with Crippen LogP contribution in [0.15, 0.2) is 18.5 Å². The van der Waals surface area contributed by atoms with Gasteiger partial charge in [0.25, 0.3) is 0 Å². The molecule has 0 saturated carbocycles. The van der Waals surface area contributed by atoms with Gasteiger partial charge >= 0.3 is 0 Å². The Morgan fingerprint density at radius 1 is 1.39 bits per heavy atom. The molecule has 0 spiro atoms. The maximum atomic E-state index is 13.8. The molecule has 0 fully saturated rings. The largest absolute Gasteiger partial charge is 0.354 e. The monoisotopic (exact) mass is 249 g/mol. The molecule has 2 aromatic heterocycles. The quantitative estimate of drug-likeness (QED) is 0.883. The van der Waals surface area contributed by atoms with Crippen LogP contribution in [-0.2, 0) is 6.54 Å². The summed E-state index contributed by atoms with van der Waals surface area (Å²) in [5.41, 5.74) is 0.961. The minimum atomic E-state index is -0.436. The molecule has 2 rings (SSSR count). The smallest absolute Gasteiger partial charge is 0.223 e. The van der Waals surface area contributed by atoms with Crippen molar-refractivity contribution in [2.24, 2.45) is 0 Å². The van der Waals surface area contributed by atoms with Crippen LogP contribution >= 0.6 is 0 Å². The molecule has 6 heteroatoms. The summed E-state index contributed by atoms with van der Waals surface area (Å²) in [6.07, 6.45) is 3.77. The molecule has 0 radical (unpaired) electrons. The standard InChI is InChI=1S/C12H16FN5/c1-3-7-18-10(5-6-16-18)11-9(13)8-15-12(17-11)14-4-2/h5-6,8H,3-4,7H2,1-2H3,(H,14,15,17). The van der Waals surface area contributed by atoms with Crippen molar-refractivity contribution in [3.8, 4) is 11.4 Å². The number of nitrogens with zero attached hydrogens (tertiary/aromatic N) is 4. The highest BCUT2D eigenvalue weighted by Crippen LogP contribution is 2.21. The van der Waals surface area contributed by atoms with Crippen LogP contribution in [0.5, 0.6) is 0 Å². The molecule has 0 aliphatic carbocycles. The lowest BCUT2D eigenvalue weighted by molar-refractivity contribution is 0.591. The van der Waals surface area contributed by atoms with Crippen LogP contribution in [0.2, 0.25) is 0 Å². The summed E-state index contributed by atoms with van der Waals surface area (Å²) >= 11 is 0. The molecule has 2 heterocycles.